The van der Waals surface area contributed by atoms with E-state index in [0.717, 1.165) is 17.7 Å². The second kappa shape index (κ2) is 5.44. The molecule has 5 nitrogen and oxygen atoms in total. The predicted octanol–water partition coefficient (Wildman–Crippen LogP) is 2.33. The number of nitrogens with two attached hydrogens (primary N) is 1. The summed E-state index contributed by atoms with van der Waals surface area (Å²) >= 11 is 0. The van der Waals surface area contributed by atoms with Crippen molar-refractivity contribution in [2.45, 2.75) is 13.0 Å². The maximum Gasteiger partial charge on any atom is 0.251 e. The van der Waals surface area contributed by atoms with Crippen molar-refractivity contribution in [3.05, 3.63) is 64.5 Å². The molecule has 0 aliphatic carbocycles. The smallest absolute Gasteiger partial charge is 0.251 e. The minimum atomic E-state index is -1.60. The van der Waals surface area contributed by atoms with Gasteiger partial charge in [0.15, 0.2) is 0 Å². The number of amides is 1. The molecule has 0 spiro atoms. The summed E-state index contributed by atoms with van der Waals surface area (Å²) in [6.45, 7) is 1.81. The zero-order chi connectivity index (χ0) is 16.7. The predicted molar refractivity (Wildman–Crippen MR) is 79.8 cm³/mol. The van der Waals surface area contributed by atoms with Crippen molar-refractivity contribution in [1.82, 2.24) is 9.97 Å². The number of nitrogens with zero attached hydrogens (tertiary/aromatic N) is 1. The van der Waals surface area contributed by atoms with Gasteiger partial charge in [-0.05, 0) is 30.7 Å². The van der Waals surface area contributed by atoms with Crippen molar-refractivity contribution in [3.63, 3.8) is 0 Å². The average molecular weight is 317 g/mol. The molecular formula is C16H13F2N3O2. The van der Waals surface area contributed by atoms with Crippen molar-refractivity contribution in [2.24, 2.45) is 5.73 Å². The number of carbonyl (C=O) groups is 1. The highest BCUT2D eigenvalue weighted by Crippen LogP contribution is 2.32. The summed E-state index contributed by atoms with van der Waals surface area (Å²) in [6, 6.07) is 3.59. The van der Waals surface area contributed by atoms with E-state index in [0.29, 0.717) is 11.0 Å². The van der Waals surface area contributed by atoms with Gasteiger partial charge >= 0.3 is 0 Å². The van der Waals surface area contributed by atoms with Crippen molar-refractivity contribution in [3.8, 4) is 0 Å². The Morgan fingerprint density at radius 1 is 1.39 bits per heavy atom. The summed E-state index contributed by atoms with van der Waals surface area (Å²) in [4.78, 5) is 18.2. The topological polar surface area (TPSA) is 92.0 Å². The van der Waals surface area contributed by atoms with Gasteiger partial charge in [-0.25, -0.2) is 13.8 Å². The molecular weight excluding hydrogens is 304 g/mol. The number of primary amides is 1. The average Bonchev–Trinajstić information content (AvgIpc) is 2.89. The van der Waals surface area contributed by atoms with Gasteiger partial charge in [-0.2, -0.15) is 0 Å². The van der Waals surface area contributed by atoms with E-state index < -0.39 is 34.8 Å². The van der Waals surface area contributed by atoms with Crippen LogP contribution in [0.25, 0.3) is 11.0 Å². The molecule has 1 atom stereocenters. The number of fused-ring (bicyclic) bond motifs is 1. The molecule has 0 bridgehead atoms. The first-order valence-electron chi connectivity index (χ1n) is 6.79. The number of benzene rings is 1. The standard InChI is InChI=1S/C16H13F2N3O2/c1-7-4-9-10(6-21-16(9)20-5-7)14(22)12-11(17)3-2-8(13(12)18)15(19)23/h2-6,14,22H,1H3,(H2,19,23)(H,20,21). The fourth-order valence-corrected chi connectivity index (χ4v) is 2.52. The zero-order valence-corrected chi connectivity index (χ0v) is 12.1. The van der Waals surface area contributed by atoms with Gasteiger partial charge in [0.1, 0.15) is 23.4 Å². The molecule has 3 rings (SSSR count). The quantitative estimate of drug-likeness (QED) is 0.692. The number of aliphatic hydroxyl groups is 1. The molecule has 2 aromatic heterocycles. The van der Waals surface area contributed by atoms with Gasteiger partial charge in [0.2, 0.25) is 0 Å². The normalized spacial score (nSPS) is 12.5. The third kappa shape index (κ3) is 2.44. The van der Waals surface area contributed by atoms with E-state index in [1.54, 1.807) is 12.3 Å². The van der Waals surface area contributed by atoms with Crippen molar-refractivity contribution in [2.75, 3.05) is 0 Å². The summed E-state index contributed by atoms with van der Waals surface area (Å²) in [5.74, 6) is -3.16. The number of aliphatic hydroxyl groups excluding tert-OH is 1. The van der Waals surface area contributed by atoms with Gasteiger partial charge in [0.05, 0.1) is 11.1 Å². The number of rotatable bonds is 3. The number of H-pyrrole nitrogens is 1. The monoisotopic (exact) mass is 317 g/mol. The number of hydrogen-bond acceptors (Lipinski definition) is 3. The van der Waals surface area contributed by atoms with E-state index in [2.05, 4.69) is 9.97 Å². The maximum atomic E-state index is 14.4. The Morgan fingerprint density at radius 3 is 2.83 bits per heavy atom. The summed E-state index contributed by atoms with van der Waals surface area (Å²) in [5.41, 5.74) is 5.54. The Bertz CT molecular complexity index is 921. The van der Waals surface area contributed by atoms with Crippen LogP contribution in [0, 0.1) is 18.6 Å². The molecule has 0 radical (unpaired) electrons. The molecule has 0 aliphatic heterocycles. The number of carbonyl (C=O) groups excluding carboxylic acids is 1. The molecule has 118 valence electrons. The lowest BCUT2D eigenvalue weighted by molar-refractivity contribution is 0.0995. The van der Waals surface area contributed by atoms with Crippen LogP contribution in [0.4, 0.5) is 8.78 Å². The van der Waals surface area contributed by atoms with Crippen molar-refractivity contribution in [1.29, 1.82) is 0 Å². The SMILES string of the molecule is Cc1cnc2[nH]cc(C(O)c3c(F)ccc(C(N)=O)c3F)c2c1. The molecule has 7 heteroatoms. The molecule has 3 aromatic rings. The van der Waals surface area contributed by atoms with Gasteiger partial charge in [0, 0.05) is 23.3 Å². The Balaban J connectivity index is 2.20. The second-order valence-electron chi connectivity index (χ2n) is 5.24. The number of halogens is 2. The van der Waals surface area contributed by atoms with Crippen LogP contribution in [0.15, 0.2) is 30.6 Å². The Hall–Kier alpha value is -2.80. The van der Waals surface area contributed by atoms with E-state index in [-0.39, 0.29) is 5.56 Å². The number of hydrogen-bond donors (Lipinski definition) is 3. The van der Waals surface area contributed by atoms with Crippen molar-refractivity contribution >= 4 is 16.9 Å². The molecule has 0 saturated carbocycles. The van der Waals surface area contributed by atoms with Crippen LogP contribution in [-0.2, 0) is 0 Å². The Morgan fingerprint density at radius 2 is 2.13 bits per heavy atom. The van der Waals surface area contributed by atoms with E-state index in [1.165, 1.54) is 6.20 Å². The number of pyridine rings is 1. The van der Waals surface area contributed by atoms with Gasteiger partial charge in [-0.3, -0.25) is 4.79 Å². The highest BCUT2D eigenvalue weighted by atomic mass is 19.1. The van der Waals surface area contributed by atoms with E-state index in [9.17, 15) is 18.7 Å². The minimum absolute atomic E-state index is 0.260. The molecule has 2 heterocycles. The first-order valence-corrected chi connectivity index (χ1v) is 6.79. The Labute approximate surface area is 129 Å². The number of nitrogens with one attached hydrogen (secondary N) is 1. The third-order valence-corrected chi connectivity index (χ3v) is 3.66. The highest BCUT2D eigenvalue weighted by Gasteiger charge is 2.26. The first-order chi connectivity index (χ1) is 10.9. The van der Waals surface area contributed by atoms with Crippen molar-refractivity contribution < 1.29 is 18.7 Å². The molecule has 1 aromatic carbocycles. The van der Waals surface area contributed by atoms with Gasteiger partial charge in [-0.15, -0.1) is 0 Å². The van der Waals surface area contributed by atoms with E-state index in [4.69, 9.17) is 5.73 Å². The molecule has 1 unspecified atom stereocenters. The lowest BCUT2D eigenvalue weighted by atomic mass is 9.97. The summed E-state index contributed by atoms with van der Waals surface area (Å²) in [5, 5.41) is 11.0. The van der Waals surface area contributed by atoms with Crippen LogP contribution >= 0.6 is 0 Å². The maximum absolute atomic E-state index is 14.4. The summed E-state index contributed by atoms with van der Waals surface area (Å²) in [7, 11) is 0. The van der Waals surface area contributed by atoms with Crippen LogP contribution in [0.2, 0.25) is 0 Å². The largest absolute Gasteiger partial charge is 0.383 e. The molecule has 0 aliphatic rings. The van der Waals surface area contributed by atoms with Crippen LogP contribution in [0.1, 0.15) is 33.2 Å². The first kappa shape index (κ1) is 15.1. The van der Waals surface area contributed by atoms with Crippen LogP contribution in [-0.4, -0.2) is 21.0 Å². The lowest BCUT2D eigenvalue weighted by Gasteiger charge is -2.14. The van der Waals surface area contributed by atoms with Crippen LogP contribution in [0.3, 0.4) is 0 Å². The van der Waals surface area contributed by atoms with Gasteiger partial charge in [0.25, 0.3) is 5.91 Å². The molecule has 1 amide bonds. The van der Waals surface area contributed by atoms with Crippen LogP contribution < -0.4 is 5.73 Å². The van der Waals surface area contributed by atoms with E-state index in [1.807, 2.05) is 6.92 Å². The Kier molecular flexibility index (Phi) is 3.57. The molecule has 0 saturated heterocycles. The molecule has 23 heavy (non-hydrogen) atoms. The fourth-order valence-electron chi connectivity index (χ4n) is 2.52. The minimum Gasteiger partial charge on any atom is -0.383 e. The third-order valence-electron chi connectivity index (χ3n) is 3.66. The second-order valence-corrected chi connectivity index (χ2v) is 5.24. The lowest BCUT2D eigenvalue weighted by Crippen LogP contribution is -2.16. The fraction of sp³-hybridized carbons (Fsp3) is 0.125. The van der Waals surface area contributed by atoms with E-state index >= 15 is 0 Å². The van der Waals surface area contributed by atoms with Gasteiger partial charge in [-0.1, -0.05) is 0 Å². The summed E-state index contributed by atoms with van der Waals surface area (Å²) < 4.78 is 28.4. The number of aromatic nitrogens is 2. The summed E-state index contributed by atoms with van der Waals surface area (Å²) in [6.07, 6.45) is 1.45. The molecule has 4 N–H and O–H groups in total. The molecule has 0 fully saturated rings. The number of aromatic amines is 1. The highest BCUT2D eigenvalue weighted by molar-refractivity contribution is 5.93. The van der Waals surface area contributed by atoms with Gasteiger partial charge < -0.3 is 15.8 Å². The zero-order valence-electron chi connectivity index (χ0n) is 12.1. The van der Waals surface area contributed by atoms with Crippen LogP contribution in [0.5, 0.6) is 0 Å². The number of aryl methyl sites for hydroxylation is 1.